The highest BCUT2D eigenvalue weighted by Gasteiger charge is 2.36. The molecule has 7 nitrogen and oxygen atoms in total. The van der Waals surface area contributed by atoms with E-state index in [-0.39, 0.29) is 28.9 Å². The molecule has 2 N–H and O–H groups in total. The van der Waals surface area contributed by atoms with Crippen LogP contribution in [0.2, 0.25) is 0 Å². The Labute approximate surface area is 221 Å². The van der Waals surface area contributed by atoms with Gasteiger partial charge in [0.05, 0.1) is 6.10 Å². The molecule has 2 fully saturated rings. The van der Waals surface area contributed by atoms with Gasteiger partial charge in [0.1, 0.15) is 11.4 Å². The van der Waals surface area contributed by atoms with Crippen molar-refractivity contribution in [3.8, 4) is 0 Å². The van der Waals surface area contributed by atoms with Gasteiger partial charge in [0.25, 0.3) is 10.9 Å². The Hall–Kier alpha value is -2.22. The van der Waals surface area contributed by atoms with Gasteiger partial charge in [-0.1, -0.05) is 62.4 Å². The van der Waals surface area contributed by atoms with Gasteiger partial charge < -0.3 is 25.0 Å². The minimum absolute atomic E-state index is 0.0587. The number of hydrogen-bond donors (Lipinski definition) is 1. The first kappa shape index (κ1) is 27.8. The Bertz CT molecular complexity index is 1030. The zero-order valence-corrected chi connectivity index (χ0v) is 22.7. The van der Waals surface area contributed by atoms with E-state index in [0.29, 0.717) is 43.6 Å². The van der Waals surface area contributed by atoms with Gasteiger partial charge in [-0.15, -0.1) is 0 Å². The predicted molar refractivity (Wildman–Crippen MR) is 150 cm³/mol. The predicted octanol–water partition coefficient (Wildman–Crippen LogP) is 4.03. The third-order valence-electron chi connectivity index (χ3n) is 8.48. The van der Waals surface area contributed by atoms with Crippen LogP contribution in [-0.4, -0.2) is 53.0 Å². The molecule has 1 saturated heterocycles. The van der Waals surface area contributed by atoms with Crippen LogP contribution in [0.4, 0.5) is 11.4 Å². The van der Waals surface area contributed by atoms with Crippen molar-refractivity contribution in [3.05, 3.63) is 56.3 Å². The topological polar surface area (TPSA) is 85.1 Å². The molecule has 1 saturated carbocycles. The summed E-state index contributed by atoms with van der Waals surface area (Å²) in [6, 6.07) is 10.4. The molecule has 1 aliphatic carbocycles. The van der Waals surface area contributed by atoms with Crippen LogP contribution in [0.1, 0.15) is 69.5 Å². The summed E-state index contributed by atoms with van der Waals surface area (Å²) in [7, 11) is 3.66. The zero-order valence-electron chi connectivity index (χ0n) is 22.7. The maximum Gasteiger partial charge on any atom is 0.253 e. The van der Waals surface area contributed by atoms with E-state index >= 15 is 0 Å². The molecular formula is C30H45N3O4. The van der Waals surface area contributed by atoms with E-state index in [0.717, 1.165) is 37.8 Å². The van der Waals surface area contributed by atoms with E-state index in [9.17, 15) is 9.59 Å². The number of ether oxygens (including phenoxy) is 2. The van der Waals surface area contributed by atoms with Crippen molar-refractivity contribution in [1.29, 1.82) is 0 Å². The van der Waals surface area contributed by atoms with Gasteiger partial charge in [-0.2, -0.15) is 0 Å². The minimum Gasteiger partial charge on any atom is -0.385 e. The second-order valence-electron chi connectivity index (χ2n) is 11.0. The molecule has 1 unspecified atom stereocenters. The van der Waals surface area contributed by atoms with Gasteiger partial charge >= 0.3 is 0 Å². The van der Waals surface area contributed by atoms with Crippen molar-refractivity contribution in [2.75, 3.05) is 56.8 Å². The van der Waals surface area contributed by atoms with Crippen LogP contribution < -0.4 is 26.4 Å². The van der Waals surface area contributed by atoms with Gasteiger partial charge in [-0.25, -0.2) is 0 Å². The van der Waals surface area contributed by atoms with Crippen LogP contribution >= 0.6 is 0 Å². The molecule has 4 rings (SSSR count). The summed E-state index contributed by atoms with van der Waals surface area (Å²) in [6.45, 7) is 3.26. The Morgan fingerprint density at radius 1 is 1.03 bits per heavy atom. The van der Waals surface area contributed by atoms with Crippen molar-refractivity contribution in [2.45, 2.75) is 69.9 Å². The summed E-state index contributed by atoms with van der Waals surface area (Å²) in [5.41, 5.74) is 7.80. The minimum atomic E-state index is -0.364. The molecule has 1 heterocycles. The van der Waals surface area contributed by atoms with Crippen LogP contribution in [0.15, 0.2) is 39.9 Å². The van der Waals surface area contributed by atoms with E-state index < -0.39 is 0 Å². The average Bonchev–Trinajstić information content (AvgIpc) is 2.94. The first-order valence-electron chi connectivity index (χ1n) is 14.2. The van der Waals surface area contributed by atoms with Crippen molar-refractivity contribution in [3.63, 3.8) is 0 Å². The molecule has 0 amide bonds. The molecular weight excluding hydrogens is 466 g/mol. The van der Waals surface area contributed by atoms with Crippen LogP contribution in [-0.2, 0) is 9.47 Å². The maximum atomic E-state index is 12.9. The summed E-state index contributed by atoms with van der Waals surface area (Å²) in [4.78, 5) is 29.9. The van der Waals surface area contributed by atoms with Gasteiger partial charge in [0.2, 0.25) is 0 Å². The lowest BCUT2D eigenvalue weighted by Crippen LogP contribution is -2.52. The van der Waals surface area contributed by atoms with Crippen LogP contribution in [0, 0.1) is 11.8 Å². The van der Waals surface area contributed by atoms with E-state index in [2.05, 4.69) is 17.0 Å². The number of methoxy groups -OCH3 is 1. The van der Waals surface area contributed by atoms with Gasteiger partial charge in [0.15, 0.2) is 0 Å². The monoisotopic (exact) mass is 511 g/mol. The lowest BCUT2D eigenvalue weighted by molar-refractivity contribution is -0.00236. The molecule has 37 heavy (non-hydrogen) atoms. The third-order valence-corrected chi connectivity index (χ3v) is 8.48. The van der Waals surface area contributed by atoms with Gasteiger partial charge in [0, 0.05) is 59.0 Å². The number of anilines is 2. The molecule has 0 radical (unpaired) electrons. The molecule has 2 aromatic rings. The normalized spacial score (nSPS) is 20.7. The number of hydrogen-bond acceptors (Lipinski definition) is 7. The molecule has 7 heteroatoms. The fourth-order valence-electron chi connectivity index (χ4n) is 6.41. The quantitative estimate of drug-likeness (QED) is 0.321. The highest BCUT2D eigenvalue weighted by molar-refractivity contribution is 5.76. The molecule has 0 bridgehead atoms. The van der Waals surface area contributed by atoms with Gasteiger partial charge in [-0.05, 0) is 37.2 Å². The number of nitrogens with two attached hydrogens (primary N) is 1. The molecule has 3 atom stereocenters. The standard InChI is InChI=1S/C30H45N3O4/c1-32(25(20-31)19-22-11-5-3-6-12-22)26-27(29(35)28(26)34)33-16-9-15-24(21-33)30(37-18-10-17-36-2)23-13-7-4-8-14-23/h4,7-8,13-14,22,24-25,30H,3,5-6,9-12,15-21,31H2,1-2H3/t24-,25+,30?/m1/s1. The molecule has 204 valence electrons. The number of benzene rings is 1. The number of piperidine rings is 1. The maximum absolute atomic E-state index is 12.9. The number of nitrogens with zero attached hydrogens (tertiary/aromatic N) is 2. The van der Waals surface area contributed by atoms with Crippen molar-refractivity contribution >= 4 is 11.4 Å². The van der Waals surface area contributed by atoms with Crippen molar-refractivity contribution in [1.82, 2.24) is 0 Å². The lowest BCUT2D eigenvalue weighted by atomic mass is 9.84. The van der Waals surface area contributed by atoms with E-state index in [1.54, 1.807) is 7.11 Å². The van der Waals surface area contributed by atoms with Gasteiger partial charge in [-0.3, -0.25) is 9.59 Å². The Balaban J connectivity index is 1.50. The first-order chi connectivity index (χ1) is 18.0. The largest absolute Gasteiger partial charge is 0.385 e. The van der Waals surface area contributed by atoms with Crippen molar-refractivity contribution in [2.24, 2.45) is 17.6 Å². The highest BCUT2D eigenvalue weighted by atomic mass is 16.5. The molecule has 0 aromatic heterocycles. The first-order valence-corrected chi connectivity index (χ1v) is 14.2. The zero-order chi connectivity index (χ0) is 26.2. The summed E-state index contributed by atoms with van der Waals surface area (Å²) in [5.74, 6) is 0.884. The van der Waals surface area contributed by atoms with E-state index in [4.69, 9.17) is 15.2 Å². The van der Waals surface area contributed by atoms with Crippen molar-refractivity contribution < 1.29 is 9.47 Å². The third kappa shape index (κ3) is 6.62. The van der Waals surface area contributed by atoms with Crippen LogP contribution in [0.25, 0.3) is 0 Å². The summed E-state index contributed by atoms with van der Waals surface area (Å²) in [6.07, 6.45) is 10.1. The molecule has 2 aromatic carbocycles. The second kappa shape index (κ2) is 13.5. The Morgan fingerprint density at radius 3 is 2.49 bits per heavy atom. The molecule has 0 spiro atoms. The second-order valence-corrected chi connectivity index (χ2v) is 11.0. The average molecular weight is 512 g/mol. The number of rotatable bonds is 13. The highest BCUT2D eigenvalue weighted by Crippen LogP contribution is 2.37. The number of likely N-dealkylation sites (N-methyl/N-ethyl adjacent to an activating group) is 1. The Kier molecular flexibility index (Phi) is 10.2. The fourth-order valence-corrected chi connectivity index (χ4v) is 6.41. The Morgan fingerprint density at radius 2 is 1.78 bits per heavy atom. The lowest BCUT2D eigenvalue weighted by Gasteiger charge is -2.41. The SMILES string of the molecule is COCCCOC(c1ccccc1)[C@@H]1CCCN(c2c(N(C)[C@H](CN)CC3CCCCC3)c(=O)c2=O)C1. The molecule has 2 aliphatic rings. The molecule has 1 aliphatic heterocycles. The smallest absolute Gasteiger partial charge is 0.253 e. The van der Waals surface area contributed by atoms with Crippen LogP contribution in [0.5, 0.6) is 0 Å². The summed E-state index contributed by atoms with van der Waals surface area (Å²) in [5, 5.41) is 0. The summed E-state index contributed by atoms with van der Waals surface area (Å²) >= 11 is 0. The van der Waals surface area contributed by atoms with E-state index in [1.165, 1.54) is 32.1 Å². The van der Waals surface area contributed by atoms with E-state index in [1.807, 2.05) is 30.1 Å². The van der Waals surface area contributed by atoms with Crippen LogP contribution in [0.3, 0.4) is 0 Å². The fraction of sp³-hybridized carbons (Fsp3) is 0.667. The summed E-state index contributed by atoms with van der Waals surface area (Å²) < 4.78 is 11.6.